The molecule has 9 atom stereocenters. The Morgan fingerprint density at radius 1 is 0.800 bits per heavy atom. The van der Waals surface area contributed by atoms with E-state index in [0.717, 1.165) is 21.6 Å². The molecule has 70 heavy (non-hydrogen) atoms. The van der Waals surface area contributed by atoms with Gasteiger partial charge in [-0.05, 0) is 68.7 Å². The van der Waals surface area contributed by atoms with E-state index in [2.05, 4.69) is 37.2 Å². The lowest BCUT2D eigenvalue weighted by Gasteiger charge is -2.31. The lowest BCUT2D eigenvalue weighted by atomic mass is 9.96. The highest BCUT2D eigenvalue weighted by Crippen LogP contribution is 2.26. The van der Waals surface area contributed by atoms with Gasteiger partial charge in [0.2, 0.25) is 65.0 Å². The van der Waals surface area contributed by atoms with Crippen LogP contribution in [0.15, 0.2) is 24.3 Å². The average Bonchev–Trinajstić information content (AvgIpc) is 3.81. The molecule has 1 aromatic rings. The van der Waals surface area contributed by atoms with Gasteiger partial charge >= 0.3 is 0 Å². The van der Waals surface area contributed by atoms with Crippen LogP contribution < -0.4 is 65.9 Å². The van der Waals surface area contributed by atoms with Gasteiger partial charge in [0.15, 0.2) is 0 Å². The van der Waals surface area contributed by atoms with Crippen LogP contribution >= 0.6 is 21.6 Å². The minimum atomic E-state index is -1.76. The summed E-state index contributed by atoms with van der Waals surface area (Å²) in [5.74, 6) is -10.4. The Balaban J connectivity index is 2.04. The van der Waals surface area contributed by atoms with Crippen molar-refractivity contribution < 1.29 is 57.8 Å². The van der Waals surface area contributed by atoms with E-state index in [-0.39, 0.29) is 43.1 Å². The molecule has 0 radical (unpaired) electrons. The van der Waals surface area contributed by atoms with E-state index in [1.807, 2.05) is 0 Å². The van der Waals surface area contributed by atoms with Crippen molar-refractivity contribution in [3.63, 3.8) is 0 Å². The number of hydrogen-bond acceptors (Lipinski definition) is 16. The first-order valence-corrected chi connectivity index (χ1v) is 25.4. The first-order chi connectivity index (χ1) is 33.1. The first kappa shape index (κ1) is 58.1. The molecule has 2 saturated heterocycles. The van der Waals surface area contributed by atoms with Gasteiger partial charge in [-0.2, -0.15) is 0 Å². The molecule has 388 valence electrons. The van der Waals surface area contributed by atoms with Gasteiger partial charge in [-0.15, -0.1) is 0 Å². The van der Waals surface area contributed by atoms with Crippen LogP contribution in [0.1, 0.15) is 77.2 Å². The summed E-state index contributed by atoms with van der Waals surface area (Å²) in [7, 11) is 2.04. The maximum atomic E-state index is 14.5. The van der Waals surface area contributed by atoms with Crippen molar-refractivity contribution in [2.45, 2.75) is 126 Å². The van der Waals surface area contributed by atoms with Gasteiger partial charge in [-0.3, -0.25) is 52.7 Å². The third kappa shape index (κ3) is 19.0. The van der Waals surface area contributed by atoms with Gasteiger partial charge in [0, 0.05) is 30.9 Å². The van der Waals surface area contributed by atoms with E-state index < -0.39 is 145 Å². The number of phenolic OH excluding ortho intramolecular Hbond substituents is 1. The Morgan fingerprint density at radius 2 is 1.43 bits per heavy atom. The highest BCUT2D eigenvalue weighted by Gasteiger charge is 2.41. The molecule has 0 unspecified atom stereocenters. The molecule has 0 saturated carbocycles. The molecule has 2 heterocycles. The zero-order valence-electron chi connectivity index (χ0n) is 39.2. The number of amides is 11. The molecule has 0 aliphatic carbocycles. The Labute approximate surface area is 412 Å². The number of nitrogens with zero attached hydrogens (tertiary/aromatic N) is 1. The average molecular weight is 1020 g/mol. The number of likely N-dealkylation sites (tertiary alicyclic amines) is 1. The van der Waals surface area contributed by atoms with Gasteiger partial charge in [0.05, 0.1) is 19.0 Å². The summed E-state index contributed by atoms with van der Waals surface area (Å²) in [6.45, 7) is 3.26. The predicted molar refractivity (Wildman–Crippen MR) is 258 cm³/mol. The number of rotatable bonds is 19. The second-order valence-corrected chi connectivity index (χ2v) is 19.6. The van der Waals surface area contributed by atoms with Gasteiger partial charge in [-0.25, -0.2) is 0 Å². The standard InChI is InChI=1S/C43H67N13O12S2/c1-3-22(2)35-42(67)51-27(13-14-32(46)58)38(63)53-29(18-33(47)59)39(64)54-30(21-70-69-20-25(45)36(61)52-28(40(65)55-35)17-23-9-11-24(57)12-10-23)43(68)56-16-6-8-31(56)41(66)50-26(7-4-5-15-44)37(62)49-19-34(48)60/h9-12,22,25-31,35,57H,3-8,13-21,44-45H2,1-2H3,(H2,46,58)(H2,47,59)(H2,48,60)(H,49,62)(H,50,66)(H,51,67)(H,52,61)(H,53,63)(H,54,64)(H,55,65)/t22-,25-,26-,27-,28-,29-,30-,31-,35-/m0/s1. The molecule has 2 aliphatic rings. The number of carbonyl (C=O) groups excluding carboxylic acids is 11. The summed E-state index contributed by atoms with van der Waals surface area (Å²) >= 11 is 0. The number of benzene rings is 1. The van der Waals surface area contributed by atoms with Crippen LogP contribution in [-0.4, -0.2) is 154 Å². The normalized spacial score (nSPS) is 24.0. The molecule has 18 N–H and O–H groups in total. The summed E-state index contributed by atoms with van der Waals surface area (Å²) in [5.41, 5.74) is 28.6. The van der Waals surface area contributed by atoms with E-state index >= 15 is 0 Å². The molecule has 25 nitrogen and oxygen atoms in total. The van der Waals surface area contributed by atoms with E-state index in [0.29, 0.717) is 37.8 Å². The molecular weight excluding hydrogens is 955 g/mol. The molecule has 0 bridgehead atoms. The van der Waals surface area contributed by atoms with Crippen LogP contribution in [0, 0.1) is 5.92 Å². The van der Waals surface area contributed by atoms with Gasteiger partial charge < -0.3 is 75.9 Å². The second-order valence-electron chi connectivity index (χ2n) is 17.1. The second kappa shape index (κ2) is 29.1. The topological polar surface area (TPSA) is 426 Å². The number of hydrogen-bond donors (Lipinski definition) is 13. The molecular formula is C43H67N13O12S2. The Bertz CT molecular complexity index is 2050. The molecule has 1 aromatic carbocycles. The van der Waals surface area contributed by atoms with Crippen molar-refractivity contribution in [3.05, 3.63) is 29.8 Å². The van der Waals surface area contributed by atoms with Crippen LogP contribution in [0.5, 0.6) is 5.75 Å². The fourth-order valence-electron chi connectivity index (χ4n) is 7.40. The SMILES string of the molecule is CC[C@H](C)[C@@H]1NC(=O)[C@H](Cc2ccc(O)cc2)NC(=O)[C@@H](N)CSSC[C@@H](C(=O)N2CCC[C@H]2C(=O)N[C@@H](CCCCN)C(=O)NCC(N)=O)NC(=O)[C@H](CC(N)=O)NC(=O)[C@H](CCC(N)=O)NC1=O. The van der Waals surface area contributed by atoms with Gasteiger partial charge in [-0.1, -0.05) is 54.0 Å². The summed E-state index contributed by atoms with van der Waals surface area (Å²) in [6.07, 6.45) is 0.187. The molecule has 0 spiro atoms. The van der Waals surface area contributed by atoms with Crippen molar-refractivity contribution in [3.8, 4) is 5.75 Å². The zero-order chi connectivity index (χ0) is 52.1. The highest BCUT2D eigenvalue weighted by molar-refractivity contribution is 8.76. The predicted octanol–water partition coefficient (Wildman–Crippen LogP) is -4.53. The van der Waals surface area contributed by atoms with Crippen LogP contribution in [0.2, 0.25) is 0 Å². The van der Waals surface area contributed by atoms with Crippen molar-refractivity contribution in [2.24, 2.45) is 34.6 Å². The van der Waals surface area contributed by atoms with E-state index in [4.69, 9.17) is 28.7 Å². The number of nitrogens with two attached hydrogens (primary N) is 5. The maximum absolute atomic E-state index is 14.5. The van der Waals surface area contributed by atoms with Crippen LogP contribution in [0.3, 0.4) is 0 Å². The summed E-state index contributed by atoms with van der Waals surface area (Å²) in [5, 5.41) is 27.7. The Hall–Kier alpha value is -6.19. The molecule has 2 fully saturated rings. The minimum absolute atomic E-state index is 0.0388. The molecule has 2 aliphatic heterocycles. The Kier molecular flexibility index (Phi) is 24.2. The van der Waals surface area contributed by atoms with Crippen molar-refractivity contribution in [1.82, 2.24) is 42.1 Å². The number of nitrogens with one attached hydrogen (secondary N) is 7. The fourth-order valence-corrected chi connectivity index (χ4v) is 9.68. The summed E-state index contributed by atoms with van der Waals surface area (Å²) in [6, 6.07) is -5.13. The minimum Gasteiger partial charge on any atom is -0.508 e. The molecule has 27 heteroatoms. The largest absolute Gasteiger partial charge is 0.508 e. The fraction of sp³-hybridized carbons (Fsp3) is 0.605. The zero-order valence-corrected chi connectivity index (χ0v) is 40.8. The molecule has 3 rings (SSSR count). The highest BCUT2D eigenvalue weighted by atomic mass is 33.1. The third-order valence-corrected chi connectivity index (χ3v) is 14.0. The molecule has 0 aromatic heterocycles. The number of aromatic hydroxyl groups is 1. The quantitative estimate of drug-likeness (QED) is 0.0459. The monoisotopic (exact) mass is 1020 g/mol. The van der Waals surface area contributed by atoms with E-state index in [9.17, 15) is 57.8 Å². The van der Waals surface area contributed by atoms with Crippen LogP contribution in [0.25, 0.3) is 0 Å². The van der Waals surface area contributed by atoms with Crippen LogP contribution in [-0.2, 0) is 59.2 Å². The van der Waals surface area contributed by atoms with Crippen molar-refractivity contribution >= 4 is 86.6 Å². The molecule has 11 amide bonds. The number of primary amides is 3. The number of unbranched alkanes of at least 4 members (excludes halogenated alkanes) is 1. The summed E-state index contributed by atoms with van der Waals surface area (Å²) in [4.78, 5) is 148. The smallest absolute Gasteiger partial charge is 0.246 e. The van der Waals surface area contributed by atoms with Crippen LogP contribution in [0.4, 0.5) is 0 Å². The van der Waals surface area contributed by atoms with Crippen molar-refractivity contribution in [2.75, 3.05) is 31.1 Å². The lowest BCUT2D eigenvalue weighted by molar-refractivity contribution is -0.142. The van der Waals surface area contributed by atoms with Gasteiger partial charge in [0.1, 0.15) is 48.0 Å². The lowest BCUT2D eigenvalue weighted by Crippen LogP contribution is -2.61. The number of phenols is 1. The first-order valence-electron chi connectivity index (χ1n) is 22.9. The third-order valence-electron chi connectivity index (χ3n) is 11.5. The van der Waals surface area contributed by atoms with Gasteiger partial charge in [0.25, 0.3) is 0 Å². The maximum Gasteiger partial charge on any atom is 0.246 e. The van der Waals surface area contributed by atoms with E-state index in [1.54, 1.807) is 13.8 Å². The number of carbonyl (C=O) groups is 11. The Morgan fingerprint density at radius 3 is 2.06 bits per heavy atom. The van der Waals surface area contributed by atoms with Crippen molar-refractivity contribution in [1.29, 1.82) is 0 Å². The van der Waals surface area contributed by atoms with E-state index in [1.165, 1.54) is 29.2 Å². The summed E-state index contributed by atoms with van der Waals surface area (Å²) < 4.78 is 0.